The van der Waals surface area contributed by atoms with Gasteiger partial charge in [0.25, 0.3) is 11.5 Å². The van der Waals surface area contributed by atoms with Crippen molar-refractivity contribution in [1.29, 1.82) is 0 Å². The van der Waals surface area contributed by atoms with Gasteiger partial charge >= 0.3 is 0 Å². The van der Waals surface area contributed by atoms with Crippen LogP contribution in [0.4, 0.5) is 5.82 Å². The highest BCUT2D eigenvalue weighted by atomic mass is 16.2. The van der Waals surface area contributed by atoms with Crippen LogP contribution in [0.3, 0.4) is 0 Å². The van der Waals surface area contributed by atoms with Gasteiger partial charge in [0.05, 0.1) is 22.6 Å². The quantitative estimate of drug-likeness (QED) is 0.161. The van der Waals surface area contributed by atoms with Crippen molar-refractivity contribution in [2.45, 2.75) is 19.4 Å². The Morgan fingerprint density at radius 3 is 2.73 bits per heavy atom. The molecule has 204 valence electrons. The van der Waals surface area contributed by atoms with E-state index in [-0.39, 0.29) is 22.8 Å². The summed E-state index contributed by atoms with van der Waals surface area (Å²) in [5, 5.41) is 5.92. The zero-order valence-electron chi connectivity index (χ0n) is 22.2. The number of amides is 2. The van der Waals surface area contributed by atoms with Gasteiger partial charge in [-0.05, 0) is 37.3 Å². The lowest BCUT2D eigenvalue weighted by molar-refractivity contribution is -0.116. The van der Waals surface area contributed by atoms with Gasteiger partial charge in [-0.15, -0.1) is 0 Å². The Balaban J connectivity index is 1.56. The molecule has 0 saturated heterocycles. The van der Waals surface area contributed by atoms with Gasteiger partial charge in [-0.3, -0.25) is 23.4 Å². The Hall–Kier alpha value is -5.76. The van der Waals surface area contributed by atoms with E-state index in [1.54, 1.807) is 54.0 Å². The fourth-order valence-electron chi connectivity index (χ4n) is 4.40. The number of imidazole rings is 1. The third-order valence-electron chi connectivity index (χ3n) is 6.33. The first kappa shape index (κ1) is 26.8. The topological polar surface area (TPSA) is 149 Å². The van der Waals surface area contributed by atoms with Crippen molar-refractivity contribution in [1.82, 2.24) is 34.6 Å². The summed E-state index contributed by atoms with van der Waals surface area (Å²) < 4.78 is 3.07. The molecule has 2 aromatic carbocycles. The molecule has 0 saturated carbocycles. The normalized spacial score (nSPS) is 11.4. The van der Waals surface area contributed by atoms with E-state index < -0.39 is 11.9 Å². The first-order chi connectivity index (χ1) is 19.9. The van der Waals surface area contributed by atoms with Crippen LogP contribution in [0.5, 0.6) is 0 Å². The van der Waals surface area contributed by atoms with E-state index in [0.717, 1.165) is 0 Å². The Kier molecular flexibility index (Phi) is 7.56. The first-order valence-corrected chi connectivity index (χ1v) is 12.8. The van der Waals surface area contributed by atoms with E-state index in [1.165, 1.54) is 17.0 Å². The Morgan fingerprint density at radius 2 is 1.95 bits per heavy atom. The van der Waals surface area contributed by atoms with Gasteiger partial charge in [0.15, 0.2) is 5.65 Å². The van der Waals surface area contributed by atoms with Crippen LogP contribution in [0.1, 0.15) is 41.1 Å². The SMILES string of the molecule is C=CC(=O)NCCC#Cc1cccc2nc([C@@H](C)NC(=O)c3c(N)ncn4ccnc34)n(-c3ccccc3)c(=O)c12. The number of nitrogens with two attached hydrogens (primary N) is 1. The average molecular weight is 547 g/mol. The average Bonchev–Trinajstić information content (AvgIpc) is 3.45. The summed E-state index contributed by atoms with van der Waals surface area (Å²) >= 11 is 0. The second-order valence-corrected chi connectivity index (χ2v) is 9.05. The lowest BCUT2D eigenvalue weighted by Crippen LogP contribution is -2.34. The van der Waals surface area contributed by atoms with Gasteiger partial charge in [0.1, 0.15) is 23.5 Å². The van der Waals surface area contributed by atoms with E-state index in [2.05, 4.69) is 39.0 Å². The van der Waals surface area contributed by atoms with E-state index >= 15 is 0 Å². The summed E-state index contributed by atoms with van der Waals surface area (Å²) in [6.07, 6.45) is 6.27. The van der Waals surface area contributed by atoms with Crippen molar-refractivity contribution in [2.24, 2.45) is 0 Å². The molecule has 5 aromatic rings. The molecule has 0 spiro atoms. The highest BCUT2D eigenvalue weighted by Gasteiger charge is 2.24. The summed E-state index contributed by atoms with van der Waals surface area (Å²) in [7, 11) is 0. The Morgan fingerprint density at radius 1 is 1.15 bits per heavy atom. The lowest BCUT2D eigenvalue weighted by Gasteiger charge is -2.20. The van der Waals surface area contributed by atoms with Crippen molar-refractivity contribution in [3.8, 4) is 17.5 Å². The predicted molar refractivity (Wildman–Crippen MR) is 155 cm³/mol. The summed E-state index contributed by atoms with van der Waals surface area (Å²) in [5.41, 5.74) is 7.71. The molecule has 2 amide bonds. The number of carbonyl (C=O) groups excluding carboxylic acids is 2. The molecule has 41 heavy (non-hydrogen) atoms. The number of fused-ring (bicyclic) bond motifs is 2. The van der Waals surface area contributed by atoms with Crippen LogP contribution in [0, 0.1) is 11.8 Å². The maximum absolute atomic E-state index is 14.1. The third kappa shape index (κ3) is 5.39. The van der Waals surface area contributed by atoms with Gasteiger partial charge in [0, 0.05) is 30.9 Å². The smallest absolute Gasteiger partial charge is 0.267 e. The predicted octanol–water partition coefficient (Wildman–Crippen LogP) is 2.55. The minimum absolute atomic E-state index is 0.0348. The van der Waals surface area contributed by atoms with Gasteiger partial charge in [-0.2, -0.15) is 0 Å². The van der Waals surface area contributed by atoms with Crippen LogP contribution in [0.2, 0.25) is 0 Å². The number of nitrogen functional groups attached to an aromatic ring is 1. The van der Waals surface area contributed by atoms with Crippen molar-refractivity contribution < 1.29 is 9.59 Å². The first-order valence-electron chi connectivity index (χ1n) is 12.8. The largest absolute Gasteiger partial charge is 0.383 e. The highest BCUT2D eigenvalue weighted by Crippen LogP contribution is 2.22. The van der Waals surface area contributed by atoms with E-state index in [0.29, 0.717) is 46.6 Å². The number of hydrogen-bond acceptors (Lipinski definition) is 7. The van der Waals surface area contributed by atoms with E-state index in [4.69, 9.17) is 10.7 Å². The zero-order valence-corrected chi connectivity index (χ0v) is 22.2. The molecule has 0 aliphatic carbocycles. The molecule has 5 rings (SSSR count). The summed E-state index contributed by atoms with van der Waals surface area (Å²) in [6, 6.07) is 13.6. The van der Waals surface area contributed by atoms with Gasteiger partial charge < -0.3 is 16.4 Å². The van der Waals surface area contributed by atoms with Crippen molar-refractivity contribution in [3.63, 3.8) is 0 Å². The molecule has 0 aliphatic rings. The highest BCUT2D eigenvalue weighted by molar-refractivity contribution is 6.04. The van der Waals surface area contributed by atoms with Gasteiger partial charge in [-0.25, -0.2) is 15.0 Å². The maximum atomic E-state index is 14.1. The number of aromatic nitrogens is 5. The van der Waals surface area contributed by atoms with Crippen LogP contribution < -0.4 is 21.9 Å². The number of carbonyl (C=O) groups is 2. The van der Waals surface area contributed by atoms with E-state index in [9.17, 15) is 14.4 Å². The minimum Gasteiger partial charge on any atom is -0.383 e. The molecule has 11 heteroatoms. The molecular formula is C30H26N8O3. The molecule has 11 nitrogen and oxygen atoms in total. The van der Waals surface area contributed by atoms with Crippen LogP contribution in [-0.4, -0.2) is 42.3 Å². The van der Waals surface area contributed by atoms with Crippen molar-refractivity contribution in [3.05, 3.63) is 107 Å². The molecule has 4 N–H and O–H groups in total. The number of rotatable bonds is 7. The van der Waals surface area contributed by atoms with Crippen LogP contribution in [0.25, 0.3) is 22.2 Å². The molecule has 3 aromatic heterocycles. The van der Waals surface area contributed by atoms with Gasteiger partial charge in [0.2, 0.25) is 5.91 Å². The standard InChI is InChI=1S/C30H26N8O3/c1-3-23(39)32-15-8-7-10-20-11-9-14-22-24(20)30(41)38(21-12-5-4-6-13-21)27(36-22)19(2)35-29(40)25-26(31)34-18-37-17-16-33-28(25)37/h3-6,9,11-14,16-19H,1,8,15,31H2,2H3,(H,32,39)(H,35,40)/t19-/m1/s1. The molecule has 0 fully saturated rings. The minimum atomic E-state index is -0.711. The summed E-state index contributed by atoms with van der Waals surface area (Å²) in [5.74, 6) is 5.62. The number of para-hydroxylation sites is 1. The van der Waals surface area contributed by atoms with Crippen molar-refractivity contribution in [2.75, 3.05) is 12.3 Å². The Bertz CT molecular complexity index is 1920. The summed E-state index contributed by atoms with van der Waals surface area (Å²) in [4.78, 5) is 52.0. The van der Waals surface area contributed by atoms with E-state index in [1.807, 2.05) is 18.2 Å². The molecule has 0 bridgehead atoms. The number of nitrogens with one attached hydrogen (secondary N) is 2. The van der Waals surface area contributed by atoms with Crippen LogP contribution in [0.15, 0.2) is 84.7 Å². The molecule has 1 atom stereocenters. The number of benzene rings is 2. The lowest BCUT2D eigenvalue weighted by atomic mass is 10.1. The number of anilines is 1. The third-order valence-corrected chi connectivity index (χ3v) is 6.33. The molecule has 0 radical (unpaired) electrons. The van der Waals surface area contributed by atoms with Crippen LogP contribution in [-0.2, 0) is 4.79 Å². The fourth-order valence-corrected chi connectivity index (χ4v) is 4.40. The number of hydrogen-bond donors (Lipinski definition) is 3. The number of nitrogens with zero attached hydrogens (tertiary/aromatic N) is 5. The second kappa shape index (κ2) is 11.5. The monoisotopic (exact) mass is 546 g/mol. The zero-order chi connectivity index (χ0) is 28.9. The molecule has 0 aliphatic heterocycles. The Labute approximate surface area is 234 Å². The fraction of sp³-hybridized carbons (Fsp3) is 0.133. The summed E-state index contributed by atoms with van der Waals surface area (Å²) in [6.45, 7) is 5.51. The van der Waals surface area contributed by atoms with Crippen molar-refractivity contribution >= 4 is 34.2 Å². The van der Waals surface area contributed by atoms with Crippen LogP contribution >= 0.6 is 0 Å². The maximum Gasteiger partial charge on any atom is 0.267 e. The molecule has 3 heterocycles. The molecular weight excluding hydrogens is 520 g/mol. The second-order valence-electron chi connectivity index (χ2n) is 9.05. The van der Waals surface area contributed by atoms with Gasteiger partial charge in [-0.1, -0.05) is 42.7 Å². The molecule has 0 unspecified atom stereocenters.